The highest BCUT2D eigenvalue weighted by Crippen LogP contribution is 2.24. The number of aliphatic hydroxyl groups is 1. The van der Waals surface area contributed by atoms with Gasteiger partial charge in [0.15, 0.2) is 0 Å². The Kier molecular flexibility index (Phi) is 3.34. The maximum Gasteiger partial charge on any atom is 0.145 e. The third-order valence-electron chi connectivity index (χ3n) is 2.22. The Balaban J connectivity index is 2.22. The molecule has 0 radical (unpaired) electrons. The summed E-state index contributed by atoms with van der Waals surface area (Å²) in [4.78, 5) is 3.90. The lowest BCUT2D eigenvalue weighted by Crippen LogP contribution is -1.92. The van der Waals surface area contributed by atoms with E-state index in [0.717, 1.165) is 0 Å². The van der Waals surface area contributed by atoms with E-state index in [0.29, 0.717) is 22.8 Å². The topological polar surface area (TPSA) is 66.1 Å². The first kappa shape index (κ1) is 11.1. The molecule has 0 unspecified atom stereocenters. The molecule has 4 heteroatoms. The van der Waals surface area contributed by atoms with Crippen LogP contribution in [-0.2, 0) is 6.61 Å². The Bertz CT molecular complexity index is 544. The van der Waals surface area contributed by atoms with Crippen LogP contribution in [0.15, 0.2) is 42.6 Å². The maximum absolute atomic E-state index is 9.14. The molecule has 1 aromatic carbocycles. The number of hydrogen-bond donors (Lipinski definition) is 1. The largest absolute Gasteiger partial charge is 0.455 e. The average Bonchev–Trinajstić information content (AvgIpc) is 2.40. The second kappa shape index (κ2) is 5.10. The molecule has 2 rings (SSSR count). The molecular formula is C13H10N2O2. The van der Waals surface area contributed by atoms with Crippen molar-refractivity contribution in [3.63, 3.8) is 0 Å². The molecule has 0 atom stereocenters. The van der Waals surface area contributed by atoms with Gasteiger partial charge in [-0.2, -0.15) is 5.26 Å². The summed E-state index contributed by atoms with van der Waals surface area (Å²) in [7, 11) is 0. The normalized spacial score (nSPS) is 9.65. The number of pyridine rings is 1. The summed E-state index contributed by atoms with van der Waals surface area (Å²) in [6, 6.07) is 12.4. The summed E-state index contributed by atoms with van der Waals surface area (Å²) < 4.78 is 5.57. The number of nitriles is 1. The molecular weight excluding hydrogens is 216 g/mol. The molecule has 17 heavy (non-hydrogen) atoms. The van der Waals surface area contributed by atoms with Crippen molar-refractivity contribution in [1.82, 2.24) is 4.98 Å². The lowest BCUT2D eigenvalue weighted by Gasteiger charge is -2.08. The fraction of sp³-hybridized carbons (Fsp3) is 0.0769. The van der Waals surface area contributed by atoms with Crippen molar-refractivity contribution in [2.45, 2.75) is 6.61 Å². The first-order valence-electron chi connectivity index (χ1n) is 5.06. The van der Waals surface area contributed by atoms with Crippen molar-refractivity contribution in [3.8, 4) is 17.6 Å². The average molecular weight is 226 g/mol. The fourth-order valence-electron chi connectivity index (χ4n) is 1.37. The van der Waals surface area contributed by atoms with Gasteiger partial charge in [-0.25, -0.2) is 4.98 Å². The molecule has 2 aromatic rings. The predicted molar refractivity (Wildman–Crippen MR) is 61.4 cm³/mol. The van der Waals surface area contributed by atoms with Crippen LogP contribution in [0.2, 0.25) is 0 Å². The van der Waals surface area contributed by atoms with Gasteiger partial charge in [0.05, 0.1) is 12.8 Å². The number of aromatic nitrogens is 1. The lowest BCUT2D eigenvalue weighted by molar-refractivity contribution is 0.276. The van der Waals surface area contributed by atoms with Crippen molar-refractivity contribution in [1.29, 1.82) is 5.26 Å². The molecule has 0 aliphatic carbocycles. The Morgan fingerprint density at radius 2 is 2.06 bits per heavy atom. The van der Waals surface area contributed by atoms with Crippen molar-refractivity contribution >= 4 is 0 Å². The minimum atomic E-state index is -0.0835. The Morgan fingerprint density at radius 1 is 1.24 bits per heavy atom. The molecule has 4 nitrogen and oxygen atoms in total. The summed E-state index contributed by atoms with van der Waals surface area (Å²) in [5.41, 5.74) is 1.05. The van der Waals surface area contributed by atoms with Gasteiger partial charge in [0, 0.05) is 5.56 Å². The van der Waals surface area contributed by atoms with Crippen LogP contribution in [0.4, 0.5) is 0 Å². The molecule has 0 aliphatic heterocycles. The number of ether oxygens (including phenoxy) is 1. The number of para-hydroxylation sites is 1. The molecule has 0 aliphatic rings. The lowest BCUT2D eigenvalue weighted by atomic mass is 10.2. The molecule has 0 bridgehead atoms. The number of hydrogen-bond acceptors (Lipinski definition) is 4. The standard InChI is InChI=1S/C13H10N2O2/c14-7-11-5-6-12(8-15-11)17-13-4-2-1-3-10(13)9-16/h1-6,8,16H,9H2. The minimum Gasteiger partial charge on any atom is -0.455 e. The molecule has 0 saturated carbocycles. The van der Waals surface area contributed by atoms with Gasteiger partial charge in [-0.3, -0.25) is 0 Å². The summed E-state index contributed by atoms with van der Waals surface area (Å²) in [5, 5.41) is 17.8. The minimum absolute atomic E-state index is 0.0835. The van der Waals surface area contributed by atoms with E-state index in [9.17, 15) is 0 Å². The van der Waals surface area contributed by atoms with Gasteiger partial charge >= 0.3 is 0 Å². The molecule has 0 spiro atoms. The van der Waals surface area contributed by atoms with E-state index in [1.807, 2.05) is 18.2 Å². The van der Waals surface area contributed by atoms with Gasteiger partial charge in [-0.1, -0.05) is 18.2 Å². The Hall–Kier alpha value is -2.38. The van der Waals surface area contributed by atoms with Crippen LogP contribution in [0.1, 0.15) is 11.3 Å². The second-order valence-electron chi connectivity index (χ2n) is 3.36. The summed E-state index contributed by atoms with van der Waals surface area (Å²) in [6.07, 6.45) is 1.48. The van der Waals surface area contributed by atoms with E-state index in [4.69, 9.17) is 15.1 Å². The molecule has 1 heterocycles. The van der Waals surface area contributed by atoms with Gasteiger partial charge in [0.25, 0.3) is 0 Å². The summed E-state index contributed by atoms with van der Waals surface area (Å²) in [6.45, 7) is -0.0835. The third-order valence-corrected chi connectivity index (χ3v) is 2.22. The van der Waals surface area contributed by atoms with Crippen LogP contribution in [-0.4, -0.2) is 10.1 Å². The molecule has 84 valence electrons. The highest BCUT2D eigenvalue weighted by molar-refractivity contribution is 5.37. The van der Waals surface area contributed by atoms with E-state index < -0.39 is 0 Å². The summed E-state index contributed by atoms with van der Waals surface area (Å²) in [5.74, 6) is 1.12. The zero-order valence-corrected chi connectivity index (χ0v) is 9.00. The Labute approximate surface area is 98.7 Å². The predicted octanol–water partition coefficient (Wildman–Crippen LogP) is 2.24. The molecule has 1 N–H and O–H groups in total. The molecule has 0 amide bonds. The van der Waals surface area contributed by atoms with Crippen LogP contribution < -0.4 is 4.74 Å². The van der Waals surface area contributed by atoms with E-state index in [2.05, 4.69) is 4.98 Å². The van der Waals surface area contributed by atoms with E-state index in [1.165, 1.54) is 6.20 Å². The zero-order chi connectivity index (χ0) is 12.1. The monoisotopic (exact) mass is 226 g/mol. The van der Waals surface area contributed by atoms with Crippen molar-refractivity contribution in [3.05, 3.63) is 53.9 Å². The van der Waals surface area contributed by atoms with Gasteiger partial charge in [0.1, 0.15) is 23.3 Å². The van der Waals surface area contributed by atoms with Gasteiger partial charge < -0.3 is 9.84 Å². The Morgan fingerprint density at radius 3 is 2.71 bits per heavy atom. The van der Waals surface area contributed by atoms with Crippen LogP contribution in [0.3, 0.4) is 0 Å². The van der Waals surface area contributed by atoms with Crippen LogP contribution in [0, 0.1) is 11.3 Å². The van der Waals surface area contributed by atoms with Crippen LogP contribution in [0.5, 0.6) is 11.5 Å². The van der Waals surface area contributed by atoms with Crippen LogP contribution in [0.25, 0.3) is 0 Å². The first-order valence-corrected chi connectivity index (χ1v) is 5.06. The van der Waals surface area contributed by atoms with E-state index in [1.54, 1.807) is 24.3 Å². The van der Waals surface area contributed by atoms with E-state index >= 15 is 0 Å². The van der Waals surface area contributed by atoms with Crippen molar-refractivity contribution in [2.24, 2.45) is 0 Å². The zero-order valence-electron chi connectivity index (χ0n) is 9.00. The number of aliphatic hydroxyl groups excluding tert-OH is 1. The van der Waals surface area contributed by atoms with Crippen LogP contribution >= 0.6 is 0 Å². The molecule has 1 aromatic heterocycles. The smallest absolute Gasteiger partial charge is 0.145 e. The van der Waals surface area contributed by atoms with Crippen molar-refractivity contribution < 1.29 is 9.84 Å². The fourth-order valence-corrected chi connectivity index (χ4v) is 1.37. The van der Waals surface area contributed by atoms with Crippen molar-refractivity contribution in [2.75, 3.05) is 0 Å². The van der Waals surface area contributed by atoms with E-state index in [-0.39, 0.29) is 6.61 Å². The van der Waals surface area contributed by atoms with Gasteiger partial charge in [-0.15, -0.1) is 0 Å². The number of nitrogens with zero attached hydrogens (tertiary/aromatic N) is 2. The maximum atomic E-state index is 9.14. The van der Waals surface area contributed by atoms with Gasteiger partial charge in [0.2, 0.25) is 0 Å². The number of rotatable bonds is 3. The summed E-state index contributed by atoms with van der Waals surface area (Å²) >= 11 is 0. The van der Waals surface area contributed by atoms with Gasteiger partial charge in [-0.05, 0) is 18.2 Å². The molecule has 0 saturated heterocycles. The molecule has 0 fully saturated rings. The SMILES string of the molecule is N#Cc1ccc(Oc2ccccc2CO)cn1. The highest BCUT2D eigenvalue weighted by atomic mass is 16.5. The highest BCUT2D eigenvalue weighted by Gasteiger charge is 2.03. The third kappa shape index (κ3) is 2.60. The second-order valence-corrected chi connectivity index (χ2v) is 3.36. The number of benzene rings is 1. The first-order chi connectivity index (χ1) is 8.33. The quantitative estimate of drug-likeness (QED) is 0.871.